The molecule has 0 aromatic heterocycles. The third kappa shape index (κ3) is 3.49. The molecular weight excluding hydrogens is 320 g/mol. The number of aliphatic hydroxyl groups excluding tert-OH is 1. The first-order valence-corrected chi connectivity index (χ1v) is 7.00. The SMILES string of the molecule is OCc1ccc(Sc2ccc(Br)cc2)c(Cl)c1. The van der Waals surface area contributed by atoms with E-state index in [1.807, 2.05) is 36.4 Å². The summed E-state index contributed by atoms with van der Waals surface area (Å²) in [7, 11) is 0. The van der Waals surface area contributed by atoms with E-state index in [2.05, 4.69) is 15.9 Å². The van der Waals surface area contributed by atoms with Crippen molar-refractivity contribution in [1.29, 1.82) is 0 Å². The van der Waals surface area contributed by atoms with Gasteiger partial charge in [0.15, 0.2) is 0 Å². The van der Waals surface area contributed by atoms with Gasteiger partial charge in [-0.05, 0) is 42.0 Å². The maximum atomic E-state index is 9.00. The number of benzene rings is 2. The number of rotatable bonds is 3. The summed E-state index contributed by atoms with van der Waals surface area (Å²) in [4.78, 5) is 2.12. The van der Waals surface area contributed by atoms with Gasteiger partial charge in [-0.1, -0.05) is 45.4 Å². The van der Waals surface area contributed by atoms with E-state index in [4.69, 9.17) is 16.7 Å². The van der Waals surface area contributed by atoms with Crippen LogP contribution in [0.1, 0.15) is 5.56 Å². The van der Waals surface area contributed by atoms with E-state index in [0.29, 0.717) is 5.02 Å². The van der Waals surface area contributed by atoms with Crippen LogP contribution in [0.25, 0.3) is 0 Å². The van der Waals surface area contributed by atoms with Crippen molar-refractivity contribution >= 4 is 39.3 Å². The fourth-order valence-corrected chi connectivity index (χ4v) is 2.76. The first-order valence-electron chi connectivity index (χ1n) is 5.02. The quantitative estimate of drug-likeness (QED) is 0.877. The van der Waals surface area contributed by atoms with Crippen LogP contribution in [0, 0.1) is 0 Å². The zero-order chi connectivity index (χ0) is 12.3. The van der Waals surface area contributed by atoms with Crippen molar-refractivity contribution in [3.8, 4) is 0 Å². The lowest BCUT2D eigenvalue weighted by Crippen LogP contribution is -1.83. The highest BCUT2D eigenvalue weighted by Gasteiger charge is 2.04. The molecule has 0 radical (unpaired) electrons. The van der Waals surface area contributed by atoms with Crippen LogP contribution >= 0.6 is 39.3 Å². The molecule has 2 aromatic rings. The first kappa shape index (κ1) is 13.0. The maximum absolute atomic E-state index is 9.00. The largest absolute Gasteiger partial charge is 0.392 e. The van der Waals surface area contributed by atoms with E-state index in [1.54, 1.807) is 17.8 Å². The van der Waals surface area contributed by atoms with Crippen molar-refractivity contribution in [2.24, 2.45) is 0 Å². The van der Waals surface area contributed by atoms with E-state index < -0.39 is 0 Å². The second kappa shape index (κ2) is 5.91. The van der Waals surface area contributed by atoms with E-state index in [9.17, 15) is 0 Å². The Kier molecular flexibility index (Phi) is 4.51. The molecule has 0 spiro atoms. The minimum absolute atomic E-state index is 0.0168. The highest BCUT2D eigenvalue weighted by atomic mass is 79.9. The second-order valence-electron chi connectivity index (χ2n) is 3.48. The van der Waals surface area contributed by atoms with Crippen LogP contribution < -0.4 is 0 Å². The van der Waals surface area contributed by atoms with Gasteiger partial charge in [0.25, 0.3) is 0 Å². The molecule has 0 saturated heterocycles. The van der Waals surface area contributed by atoms with Crippen LogP contribution in [-0.2, 0) is 6.61 Å². The summed E-state index contributed by atoms with van der Waals surface area (Å²) in [5.41, 5.74) is 0.829. The minimum atomic E-state index is 0.0168. The molecule has 1 nitrogen and oxygen atoms in total. The van der Waals surface area contributed by atoms with Gasteiger partial charge in [0.1, 0.15) is 0 Å². The zero-order valence-electron chi connectivity index (χ0n) is 8.86. The van der Waals surface area contributed by atoms with E-state index >= 15 is 0 Å². The van der Waals surface area contributed by atoms with Crippen molar-refractivity contribution in [3.63, 3.8) is 0 Å². The lowest BCUT2D eigenvalue weighted by Gasteiger charge is -2.05. The molecule has 88 valence electrons. The van der Waals surface area contributed by atoms with E-state index in [-0.39, 0.29) is 6.61 Å². The smallest absolute Gasteiger partial charge is 0.0682 e. The fourth-order valence-electron chi connectivity index (χ4n) is 1.36. The van der Waals surface area contributed by atoms with E-state index in [0.717, 1.165) is 19.8 Å². The van der Waals surface area contributed by atoms with Crippen molar-refractivity contribution in [2.75, 3.05) is 0 Å². The van der Waals surface area contributed by atoms with Crippen molar-refractivity contribution in [1.82, 2.24) is 0 Å². The third-order valence-corrected chi connectivity index (χ3v) is 4.26. The van der Waals surface area contributed by atoms with Gasteiger partial charge < -0.3 is 5.11 Å². The minimum Gasteiger partial charge on any atom is -0.392 e. The molecule has 17 heavy (non-hydrogen) atoms. The Morgan fingerprint density at radius 2 is 1.82 bits per heavy atom. The molecule has 0 heterocycles. The average molecular weight is 330 g/mol. The molecule has 0 amide bonds. The van der Waals surface area contributed by atoms with E-state index in [1.165, 1.54) is 0 Å². The maximum Gasteiger partial charge on any atom is 0.0682 e. The molecule has 1 N–H and O–H groups in total. The first-order chi connectivity index (χ1) is 8.19. The lowest BCUT2D eigenvalue weighted by atomic mass is 10.2. The summed E-state index contributed by atoms with van der Waals surface area (Å²) in [6.45, 7) is 0.0168. The van der Waals surface area contributed by atoms with Crippen LogP contribution in [-0.4, -0.2) is 5.11 Å². The second-order valence-corrected chi connectivity index (χ2v) is 5.92. The van der Waals surface area contributed by atoms with Crippen molar-refractivity contribution in [2.45, 2.75) is 16.4 Å². The van der Waals surface area contributed by atoms with Gasteiger partial charge in [-0.15, -0.1) is 0 Å². The number of aliphatic hydroxyl groups is 1. The normalized spacial score (nSPS) is 10.5. The van der Waals surface area contributed by atoms with Crippen LogP contribution in [0.4, 0.5) is 0 Å². The third-order valence-electron chi connectivity index (χ3n) is 2.22. The summed E-state index contributed by atoms with van der Waals surface area (Å²) < 4.78 is 1.06. The zero-order valence-corrected chi connectivity index (χ0v) is 12.0. The molecule has 0 fully saturated rings. The highest BCUT2D eigenvalue weighted by Crippen LogP contribution is 2.34. The molecule has 4 heteroatoms. The predicted octanol–water partition coefficient (Wildman–Crippen LogP) is 4.75. The highest BCUT2D eigenvalue weighted by molar-refractivity contribution is 9.10. The summed E-state index contributed by atoms with van der Waals surface area (Å²) in [6.07, 6.45) is 0. The molecule has 0 aliphatic carbocycles. The molecule has 2 aromatic carbocycles. The summed E-state index contributed by atoms with van der Waals surface area (Å²) >= 11 is 11.2. The number of hydrogen-bond acceptors (Lipinski definition) is 2. The average Bonchev–Trinajstić information content (AvgIpc) is 2.34. The lowest BCUT2D eigenvalue weighted by molar-refractivity contribution is 0.282. The standard InChI is InChI=1S/C13H10BrClOS/c14-10-2-4-11(5-3-10)17-13-6-1-9(8-16)7-12(13)15/h1-7,16H,8H2. The summed E-state index contributed by atoms with van der Waals surface area (Å²) in [6, 6.07) is 13.7. The number of hydrogen-bond donors (Lipinski definition) is 1. The molecule has 0 bridgehead atoms. The van der Waals surface area contributed by atoms with Crippen LogP contribution in [0.5, 0.6) is 0 Å². The molecule has 0 aliphatic rings. The van der Waals surface area contributed by atoms with Gasteiger partial charge in [0.05, 0.1) is 11.6 Å². The van der Waals surface area contributed by atoms with Crippen molar-refractivity contribution < 1.29 is 5.11 Å². The van der Waals surface area contributed by atoms with Crippen LogP contribution in [0.2, 0.25) is 5.02 Å². The molecule has 0 unspecified atom stereocenters. The van der Waals surface area contributed by atoms with Crippen LogP contribution in [0.3, 0.4) is 0 Å². The van der Waals surface area contributed by atoms with Gasteiger partial charge in [-0.3, -0.25) is 0 Å². The Hall–Kier alpha value is -0.480. The summed E-state index contributed by atoms with van der Waals surface area (Å²) in [5, 5.41) is 9.67. The van der Waals surface area contributed by atoms with Gasteiger partial charge in [0.2, 0.25) is 0 Å². The Morgan fingerprint density at radius 1 is 1.12 bits per heavy atom. The fraction of sp³-hybridized carbons (Fsp3) is 0.0769. The predicted molar refractivity (Wildman–Crippen MR) is 75.6 cm³/mol. The molecule has 0 saturated carbocycles. The topological polar surface area (TPSA) is 20.2 Å². The molecule has 0 aliphatic heterocycles. The summed E-state index contributed by atoms with van der Waals surface area (Å²) in [5.74, 6) is 0. The number of halogens is 2. The van der Waals surface area contributed by atoms with Gasteiger partial charge in [-0.2, -0.15) is 0 Å². The Morgan fingerprint density at radius 3 is 2.41 bits per heavy atom. The van der Waals surface area contributed by atoms with Gasteiger partial charge in [0, 0.05) is 14.3 Å². The van der Waals surface area contributed by atoms with Crippen molar-refractivity contribution in [3.05, 3.63) is 57.5 Å². The Bertz CT molecular complexity index is 513. The van der Waals surface area contributed by atoms with Gasteiger partial charge in [-0.25, -0.2) is 0 Å². The van der Waals surface area contributed by atoms with Crippen LogP contribution in [0.15, 0.2) is 56.7 Å². The Balaban J connectivity index is 2.21. The van der Waals surface area contributed by atoms with Gasteiger partial charge >= 0.3 is 0 Å². The molecule has 2 rings (SSSR count). The monoisotopic (exact) mass is 328 g/mol. The molecule has 0 atom stereocenters. The Labute approximate surface area is 118 Å². The molecular formula is C13H10BrClOS.